The first-order valence-corrected chi connectivity index (χ1v) is 9.51. The Balaban J connectivity index is 1.55. The number of aryl methyl sites for hydroxylation is 2. The van der Waals surface area contributed by atoms with Crippen molar-refractivity contribution in [3.05, 3.63) is 51.8 Å². The molecule has 0 aliphatic heterocycles. The van der Waals surface area contributed by atoms with Gasteiger partial charge in [-0.1, -0.05) is 23.7 Å². The van der Waals surface area contributed by atoms with Crippen LogP contribution in [-0.2, 0) is 13.5 Å². The molecule has 1 heterocycles. The van der Waals surface area contributed by atoms with E-state index in [2.05, 4.69) is 53.6 Å². The van der Waals surface area contributed by atoms with Gasteiger partial charge in [-0.3, -0.25) is 9.67 Å². The fourth-order valence-corrected chi connectivity index (χ4v) is 3.71. The molecule has 1 aromatic heterocycles. The summed E-state index contributed by atoms with van der Waals surface area (Å²) in [5, 5.41) is 12.3. The third-order valence-corrected chi connectivity index (χ3v) is 5.40. The Hall–Kier alpha value is -2.01. The van der Waals surface area contributed by atoms with E-state index in [1.54, 1.807) is 0 Å². The van der Waals surface area contributed by atoms with E-state index in [0.29, 0.717) is 12.0 Å². The normalized spacial score (nSPS) is 20.8. The first kappa shape index (κ1) is 18.8. The molecule has 26 heavy (non-hydrogen) atoms. The summed E-state index contributed by atoms with van der Waals surface area (Å²) in [5.74, 6) is 1.36. The summed E-state index contributed by atoms with van der Waals surface area (Å²) in [6.45, 7) is 6.37. The van der Waals surface area contributed by atoms with E-state index in [0.717, 1.165) is 29.5 Å². The molecule has 1 aliphatic carbocycles. The smallest absolute Gasteiger partial charge is 0.191 e. The van der Waals surface area contributed by atoms with Crippen LogP contribution in [0.2, 0.25) is 5.02 Å². The van der Waals surface area contributed by atoms with Gasteiger partial charge in [0.15, 0.2) is 5.96 Å². The topological polar surface area (TPSA) is 54.2 Å². The van der Waals surface area contributed by atoms with E-state index in [4.69, 9.17) is 11.6 Å². The monoisotopic (exact) mass is 373 g/mol. The maximum atomic E-state index is 6.11. The Morgan fingerprint density at radius 3 is 2.81 bits per heavy atom. The van der Waals surface area contributed by atoms with Gasteiger partial charge in [-0.05, 0) is 56.9 Å². The van der Waals surface area contributed by atoms with Gasteiger partial charge in [-0.2, -0.15) is 5.10 Å². The minimum absolute atomic E-state index is 0.270. The van der Waals surface area contributed by atoms with Crippen molar-refractivity contribution in [1.82, 2.24) is 20.4 Å². The maximum absolute atomic E-state index is 6.11. The minimum atomic E-state index is 0.270. The van der Waals surface area contributed by atoms with E-state index in [1.165, 1.54) is 16.8 Å². The Morgan fingerprint density at radius 1 is 1.42 bits per heavy atom. The predicted octanol–water partition coefficient (Wildman–Crippen LogP) is 3.34. The summed E-state index contributed by atoms with van der Waals surface area (Å²) in [4.78, 5) is 4.39. The standard InChI is InChI=1S/C20H28ClN5/c1-12(9-17-13(2)25-26(5)14(17)3)23-20(22-4)24-19-11-18(19)15-7-6-8-16(21)10-15/h6-8,10,12,18-19H,9,11H2,1-5H3,(H2,22,23,24). The Kier molecular flexibility index (Phi) is 5.56. The van der Waals surface area contributed by atoms with E-state index in [9.17, 15) is 0 Å². The molecule has 3 atom stereocenters. The van der Waals surface area contributed by atoms with Gasteiger partial charge >= 0.3 is 0 Å². The third-order valence-electron chi connectivity index (χ3n) is 5.17. The van der Waals surface area contributed by atoms with Crippen molar-refractivity contribution in [3.8, 4) is 0 Å². The van der Waals surface area contributed by atoms with E-state index in [1.807, 2.05) is 30.9 Å². The molecular formula is C20H28ClN5. The molecule has 0 bridgehead atoms. The van der Waals surface area contributed by atoms with Gasteiger partial charge in [0.05, 0.1) is 5.69 Å². The van der Waals surface area contributed by atoms with E-state index in [-0.39, 0.29) is 6.04 Å². The predicted molar refractivity (Wildman–Crippen MR) is 108 cm³/mol. The number of aromatic nitrogens is 2. The van der Waals surface area contributed by atoms with Crippen LogP contribution in [0.15, 0.2) is 29.3 Å². The van der Waals surface area contributed by atoms with Crippen LogP contribution in [0.25, 0.3) is 0 Å². The molecule has 0 amide bonds. The van der Waals surface area contributed by atoms with Crippen molar-refractivity contribution in [2.45, 2.75) is 51.6 Å². The number of hydrogen-bond acceptors (Lipinski definition) is 2. The summed E-state index contributed by atoms with van der Waals surface area (Å²) < 4.78 is 1.95. The lowest BCUT2D eigenvalue weighted by atomic mass is 10.1. The van der Waals surface area contributed by atoms with Crippen LogP contribution in [0.4, 0.5) is 0 Å². The first-order chi connectivity index (χ1) is 12.4. The lowest BCUT2D eigenvalue weighted by Crippen LogP contribution is -2.44. The molecule has 3 unspecified atom stereocenters. The maximum Gasteiger partial charge on any atom is 0.191 e. The summed E-state index contributed by atoms with van der Waals surface area (Å²) >= 11 is 6.11. The zero-order valence-electron chi connectivity index (χ0n) is 16.2. The molecule has 5 nitrogen and oxygen atoms in total. The second kappa shape index (κ2) is 7.70. The largest absolute Gasteiger partial charge is 0.354 e. The molecule has 140 valence electrons. The molecule has 0 radical (unpaired) electrons. The van der Waals surface area contributed by atoms with Crippen LogP contribution in [0, 0.1) is 13.8 Å². The first-order valence-electron chi connectivity index (χ1n) is 9.13. The van der Waals surface area contributed by atoms with Gasteiger partial charge in [-0.25, -0.2) is 0 Å². The van der Waals surface area contributed by atoms with Crippen molar-refractivity contribution in [3.63, 3.8) is 0 Å². The highest BCUT2D eigenvalue weighted by molar-refractivity contribution is 6.30. The summed E-state index contributed by atoms with van der Waals surface area (Å²) in [6.07, 6.45) is 2.03. The minimum Gasteiger partial charge on any atom is -0.354 e. The van der Waals surface area contributed by atoms with Crippen LogP contribution in [0.5, 0.6) is 0 Å². The van der Waals surface area contributed by atoms with Crippen molar-refractivity contribution in [2.75, 3.05) is 7.05 Å². The van der Waals surface area contributed by atoms with Gasteiger partial charge in [0, 0.05) is 42.8 Å². The Morgan fingerprint density at radius 2 is 2.19 bits per heavy atom. The van der Waals surface area contributed by atoms with Crippen LogP contribution in [0.1, 0.15) is 41.8 Å². The van der Waals surface area contributed by atoms with Gasteiger partial charge in [0.2, 0.25) is 0 Å². The summed E-state index contributed by atoms with van der Waals surface area (Å²) in [6, 6.07) is 8.81. The average Bonchev–Trinajstić information content (AvgIpc) is 3.32. The summed E-state index contributed by atoms with van der Waals surface area (Å²) in [7, 11) is 3.81. The summed E-state index contributed by atoms with van der Waals surface area (Å²) in [5.41, 5.74) is 4.93. The number of halogens is 1. The van der Waals surface area contributed by atoms with Gasteiger partial charge in [0.25, 0.3) is 0 Å². The number of nitrogens with zero attached hydrogens (tertiary/aromatic N) is 3. The number of aliphatic imine (C=N–C) groups is 1. The van der Waals surface area contributed by atoms with Crippen molar-refractivity contribution >= 4 is 17.6 Å². The third kappa shape index (κ3) is 4.21. The zero-order chi connectivity index (χ0) is 18.8. The van der Waals surface area contributed by atoms with Crippen molar-refractivity contribution < 1.29 is 0 Å². The highest BCUT2D eigenvalue weighted by atomic mass is 35.5. The fourth-order valence-electron chi connectivity index (χ4n) is 3.51. The number of rotatable bonds is 5. The highest BCUT2D eigenvalue weighted by Gasteiger charge is 2.39. The molecule has 1 saturated carbocycles. The lowest BCUT2D eigenvalue weighted by Gasteiger charge is -2.18. The number of nitrogens with one attached hydrogen (secondary N) is 2. The molecule has 0 saturated heterocycles. The van der Waals surface area contributed by atoms with E-state index < -0.39 is 0 Å². The van der Waals surface area contributed by atoms with Crippen LogP contribution in [-0.4, -0.2) is 34.9 Å². The van der Waals surface area contributed by atoms with Crippen LogP contribution in [0.3, 0.4) is 0 Å². The van der Waals surface area contributed by atoms with E-state index >= 15 is 0 Å². The molecule has 2 N–H and O–H groups in total. The Bertz CT molecular complexity index is 811. The Labute approximate surface area is 160 Å². The second-order valence-corrected chi connectivity index (χ2v) is 7.68. The van der Waals surface area contributed by atoms with Crippen LogP contribution < -0.4 is 10.6 Å². The number of benzene rings is 1. The molecule has 1 aromatic carbocycles. The average molecular weight is 374 g/mol. The molecule has 3 rings (SSSR count). The molecular weight excluding hydrogens is 346 g/mol. The quantitative estimate of drug-likeness (QED) is 0.624. The SMILES string of the molecule is CN=C(NC(C)Cc1c(C)nn(C)c1C)NC1CC1c1cccc(Cl)c1. The zero-order valence-corrected chi connectivity index (χ0v) is 16.9. The molecule has 1 fully saturated rings. The van der Waals surface area contributed by atoms with Crippen LogP contribution >= 0.6 is 11.6 Å². The molecule has 2 aromatic rings. The van der Waals surface area contributed by atoms with Gasteiger partial charge in [0.1, 0.15) is 0 Å². The highest BCUT2D eigenvalue weighted by Crippen LogP contribution is 2.41. The lowest BCUT2D eigenvalue weighted by molar-refractivity contribution is 0.633. The number of guanidine groups is 1. The molecule has 1 aliphatic rings. The van der Waals surface area contributed by atoms with Crippen molar-refractivity contribution in [2.24, 2.45) is 12.0 Å². The fraction of sp³-hybridized carbons (Fsp3) is 0.500. The van der Waals surface area contributed by atoms with Gasteiger partial charge in [-0.15, -0.1) is 0 Å². The van der Waals surface area contributed by atoms with Crippen molar-refractivity contribution in [1.29, 1.82) is 0 Å². The molecule has 6 heteroatoms. The number of hydrogen-bond donors (Lipinski definition) is 2. The molecule has 0 spiro atoms. The van der Waals surface area contributed by atoms with Gasteiger partial charge < -0.3 is 10.6 Å². The second-order valence-electron chi connectivity index (χ2n) is 7.24.